The summed E-state index contributed by atoms with van der Waals surface area (Å²) in [5.74, 6) is 0. The highest BCUT2D eigenvalue weighted by atomic mass is 28.5. The van der Waals surface area contributed by atoms with Gasteiger partial charge in [0.15, 0.2) is 0 Å². The van der Waals surface area contributed by atoms with Gasteiger partial charge in [0.05, 0.1) is 6.23 Å². The van der Waals surface area contributed by atoms with Crippen LogP contribution in [0.5, 0.6) is 0 Å². The molecule has 126 valence electrons. The molecule has 0 saturated carbocycles. The summed E-state index contributed by atoms with van der Waals surface area (Å²) in [5, 5.41) is 9.79. The Morgan fingerprint density at radius 2 is 0.762 bits per heavy atom. The summed E-state index contributed by atoms with van der Waals surface area (Å²) < 4.78 is 31.2. The second-order valence-corrected chi connectivity index (χ2v) is 25.3. The Morgan fingerprint density at radius 3 is 1.00 bits per heavy atom. The lowest BCUT2D eigenvalue weighted by Crippen LogP contribution is -2.65. The zero-order valence-electron chi connectivity index (χ0n) is 14.7. The lowest BCUT2D eigenvalue weighted by molar-refractivity contribution is 0.211. The first-order valence-electron chi connectivity index (χ1n) is 7.21. The molecular formula is C10H30O6Si5. The maximum atomic E-state index is 9.79. The molecule has 1 heterocycles. The van der Waals surface area contributed by atoms with E-state index in [1.807, 2.05) is 58.9 Å². The highest BCUT2D eigenvalue weighted by Gasteiger charge is 2.52. The van der Waals surface area contributed by atoms with Crippen molar-refractivity contribution < 1.29 is 25.7 Å². The predicted molar refractivity (Wildman–Crippen MR) is 94.1 cm³/mol. The molecule has 0 bridgehead atoms. The van der Waals surface area contributed by atoms with Crippen molar-refractivity contribution in [1.29, 1.82) is 0 Å². The Labute approximate surface area is 134 Å². The van der Waals surface area contributed by atoms with Gasteiger partial charge in [0.25, 0.3) is 0 Å². The molecule has 1 N–H and O–H groups in total. The van der Waals surface area contributed by atoms with Crippen LogP contribution >= 0.6 is 0 Å². The van der Waals surface area contributed by atoms with E-state index in [1.54, 1.807) is 0 Å². The van der Waals surface area contributed by atoms with E-state index in [-0.39, 0.29) is 6.23 Å². The quantitative estimate of drug-likeness (QED) is 0.698. The highest BCUT2D eigenvalue weighted by Crippen LogP contribution is 2.30. The molecule has 1 aliphatic heterocycles. The van der Waals surface area contributed by atoms with Crippen LogP contribution in [0.2, 0.25) is 58.9 Å². The SMILES string of the molecule is C[Si]1(C)O[Si](C)(C)O[Si](C)(C)O[Si](C)(CO)O[Si](C)(C)O1. The molecule has 0 atom stereocenters. The molecule has 6 nitrogen and oxygen atoms in total. The van der Waals surface area contributed by atoms with Crippen molar-refractivity contribution in [3.63, 3.8) is 0 Å². The lowest BCUT2D eigenvalue weighted by Gasteiger charge is -2.46. The number of rotatable bonds is 1. The summed E-state index contributed by atoms with van der Waals surface area (Å²) in [4.78, 5) is 0. The van der Waals surface area contributed by atoms with Crippen molar-refractivity contribution in [3.8, 4) is 0 Å². The molecule has 21 heavy (non-hydrogen) atoms. The van der Waals surface area contributed by atoms with Crippen molar-refractivity contribution in [3.05, 3.63) is 0 Å². The van der Waals surface area contributed by atoms with Crippen molar-refractivity contribution in [1.82, 2.24) is 0 Å². The van der Waals surface area contributed by atoms with Gasteiger partial charge in [0.2, 0.25) is 0 Å². The van der Waals surface area contributed by atoms with Crippen LogP contribution in [0, 0.1) is 0 Å². The van der Waals surface area contributed by atoms with Gasteiger partial charge in [0, 0.05) is 0 Å². The number of hydrogen-bond acceptors (Lipinski definition) is 6. The van der Waals surface area contributed by atoms with Crippen LogP contribution in [0.25, 0.3) is 0 Å². The fraction of sp³-hybridized carbons (Fsp3) is 1.00. The molecule has 1 rings (SSSR count). The van der Waals surface area contributed by atoms with Gasteiger partial charge in [-0.2, -0.15) is 0 Å². The summed E-state index contributed by atoms with van der Waals surface area (Å²) in [6.07, 6.45) is -0.0998. The molecule has 0 spiro atoms. The Balaban J connectivity index is 3.20. The van der Waals surface area contributed by atoms with Gasteiger partial charge in [-0.05, 0) is 58.9 Å². The average Bonchev–Trinajstić information content (AvgIpc) is 2.06. The summed E-state index contributed by atoms with van der Waals surface area (Å²) in [6.45, 7) is 17.9. The molecule has 0 unspecified atom stereocenters. The minimum atomic E-state index is -2.73. The van der Waals surface area contributed by atoms with Crippen molar-refractivity contribution in [2.75, 3.05) is 6.23 Å². The van der Waals surface area contributed by atoms with Gasteiger partial charge in [-0.15, -0.1) is 0 Å². The second-order valence-electron chi connectivity index (χ2n) is 7.40. The van der Waals surface area contributed by atoms with E-state index in [9.17, 15) is 5.11 Å². The van der Waals surface area contributed by atoms with E-state index in [4.69, 9.17) is 20.6 Å². The van der Waals surface area contributed by atoms with Crippen LogP contribution in [0.4, 0.5) is 0 Å². The first-order chi connectivity index (χ1) is 9.10. The van der Waals surface area contributed by atoms with Crippen LogP contribution < -0.4 is 0 Å². The normalized spacial score (nSPS) is 30.6. The average molecular weight is 387 g/mol. The topological polar surface area (TPSA) is 66.4 Å². The molecule has 0 aromatic heterocycles. The van der Waals surface area contributed by atoms with E-state index in [0.717, 1.165) is 0 Å². The molecule has 1 fully saturated rings. The second kappa shape index (κ2) is 6.05. The fourth-order valence-electron chi connectivity index (χ4n) is 2.98. The molecule has 11 heteroatoms. The third-order valence-electron chi connectivity index (χ3n) is 2.69. The van der Waals surface area contributed by atoms with Gasteiger partial charge in [0.1, 0.15) is 0 Å². The first kappa shape index (κ1) is 19.9. The highest BCUT2D eigenvalue weighted by molar-refractivity contribution is 6.93. The summed E-state index contributed by atoms with van der Waals surface area (Å²) in [7, 11) is -12.3. The molecule has 0 radical (unpaired) electrons. The summed E-state index contributed by atoms with van der Waals surface area (Å²) in [5.41, 5.74) is 0. The van der Waals surface area contributed by atoms with E-state index in [1.165, 1.54) is 0 Å². The van der Waals surface area contributed by atoms with Gasteiger partial charge >= 0.3 is 42.8 Å². The molecule has 0 amide bonds. The van der Waals surface area contributed by atoms with Crippen molar-refractivity contribution >= 4 is 42.8 Å². The van der Waals surface area contributed by atoms with Crippen LogP contribution in [-0.2, 0) is 20.6 Å². The molecule has 0 aromatic rings. The van der Waals surface area contributed by atoms with E-state index < -0.39 is 42.8 Å². The first-order valence-corrected chi connectivity index (χ1v) is 21.0. The van der Waals surface area contributed by atoms with Gasteiger partial charge in [-0.1, -0.05) is 0 Å². The third-order valence-corrected chi connectivity index (χ3v) is 22.4. The number of aliphatic hydroxyl groups excluding tert-OH is 1. The van der Waals surface area contributed by atoms with E-state index in [0.29, 0.717) is 0 Å². The smallest absolute Gasteiger partial charge is 0.343 e. The predicted octanol–water partition coefficient (Wildman–Crippen LogP) is 2.49. The Morgan fingerprint density at radius 1 is 0.524 bits per heavy atom. The van der Waals surface area contributed by atoms with Gasteiger partial charge < -0.3 is 25.7 Å². The van der Waals surface area contributed by atoms with Crippen LogP contribution in [0.3, 0.4) is 0 Å². The molecular weight excluding hydrogens is 357 g/mol. The number of hydrogen-bond donors (Lipinski definition) is 1. The summed E-state index contributed by atoms with van der Waals surface area (Å²) in [6, 6.07) is 0. The van der Waals surface area contributed by atoms with E-state index >= 15 is 0 Å². The monoisotopic (exact) mass is 386 g/mol. The lowest BCUT2D eigenvalue weighted by atomic mass is 11.7. The molecule has 1 saturated heterocycles. The molecule has 0 aromatic carbocycles. The van der Waals surface area contributed by atoms with Crippen LogP contribution in [-0.4, -0.2) is 54.1 Å². The largest absolute Gasteiger partial charge is 0.416 e. The zero-order chi connectivity index (χ0) is 16.7. The zero-order valence-corrected chi connectivity index (χ0v) is 19.7. The summed E-state index contributed by atoms with van der Waals surface area (Å²) >= 11 is 0. The third kappa shape index (κ3) is 6.46. The van der Waals surface area contributed by atoms with Crippen molar-refractivity contribution in [2.45, 2.75) is 58.9 Å². The molecule has 0 aliphatic carbocycles. The van der Waals surface area contributed by atoms with Crippen LogP contribution in [0.1, 0.15) is 0 Å². The Kier molecular flexibility index (Phi) is 5.73. The molecule has 1 aliphatic rings. The standard InChI is InChI=1S/C10H30O6Si5/c1-17(2)12-18(3,4)14-20(7,8)16-21(9,10-11)15-19(5,6)13-17/h11H,10H2,1-9H3. The van der Waals surface area contributed by atoms with Crippen LogP contribution in [0.15, 0.2) is 0 Å². The minimum Gasteiger partial charge on any atom is -0.416 e. The maximum absolute atomic E-state index is 9.79. The van der Waals surface area contributed by atoms with Gasteiger partial charge in [-0.3, -0.25) is 0 Å². The van der Waals surface area contributed by atoms with Gasteiger partial charge in [-0.25, -0.2) is 0 Å². The van der Waals surface area contributed by atoms with Crippen molar-refractivity contribution in [2.24, 2.45) is 0 Å². The Hall–Kier alpha value is 0.844. The maximum Gasteiger partial charge on any atom is 0.343 e. The minimum absolute atomic E-state index is 0.0998. The fourth-order valence-corrected chi connectivity index (χ4v) is 28.7. The van der Waals surface area contributed by atoms with E-state index in [2.05, 4.69) is 0 Å². The number of aliphatic hydroxyl groups is 1. The Bertz CT molecular complexity index is 356.